The summed E-state index contributed by atoms with van der Waals surface area (Å²) in [5.74, 6) is 0.908. The van der Waals surface area contributed by atoms with Crippen molar-refractivity contribution in [1.82, 2.24) is 15.1 Å². The number of nitrogens with two attached hydrogens (primary N) is 2. The number of anilines is 2. The Morgan fingerprint density at radius 3 is 1.62 bits per heavy atom. The van der Waals surface area contributed by atoms with Crippen LogP contribution < -0.4 is 26.3 Å². The molecule has 0 spiro atoms. The van der Waals surface area contributed by atoms with E-state index in [9.17, 15) is 24.4 Å². The lowest BCUT2D eigenvalue weighted by Crippen LogP contribution is -2.50. The van der Waals surface area contributed by atoms with E-state index in [0.29, 0.717) is 22.7 Å². The molecule has 1 heterocycles. The molecule has 5 rings (SSSR count). The monoisotopic (exact) mass is 789 g/mol. The molecule has 1 fully saturated rings. The van der Waals surface area contributed by atoms with Crippen molar-refractivity contribution in [3.8, 4) is 11.5 Å². The van der Waals surface area contributed by atoms with Gasteiger partial charge in [-0.2, -0.15) is 0 Å². The molecule has 1 aliphatic heterocycles. The minimum absolute atomic E-state index is 0.0130. The highest BCUT2D eigenvalue weighted by Gasteiger charge is 2.46. The normalized spacial score (nSPS) is 18.7. The molecule has 0 aromatic heterocycles. The Bertz CT molecular complexity index is 1940. The first-order valence-electron chi connectivity index (χ1n) is 18.6. The third-order valence-electron chi connectivity index (χ3n) is 9.53. The minimum atomic E-state index is -3.33. The number of nitrogen functional groups attached to an aromatic ring is 2. The van der Waals surface area contributed by atoms with Crippen molar-refractivity contribution < 1.29 is 42.9 Å². The first kappa shape index (κ1) is 42.0. The second-order valence-electron chi connectivity index (χ2n) is 13.5. The molecule has 1 saturated heterocycles. The van der Waals surface area contributed by atoms with Crippen molar-refractivity contribution in [2.75, 3.05) is 44.5 Å². The van der Waals surface area contributed by atoms with Gasteiger partial charge in [0.2, 0.25) is 0 Å². The molecule has 56 heavy (non-hydrogen) atoms. The highest BCUT2D eigenvalue weighted by molar-refractivity contribution is 7.53. The van der Waals surface area contributed by atoms with Gasteiger partial charge in [-0.05, 0) is 97.5 Å². The van der Waals surface area contributed by atoms with Crippen molar-refractivity contribution in [2.45, 2.75) is 64.1 Å². The molecule has 0 aliphatic carbocycles. The lowest BCUT2D eigenvalue weighted by atomic mass is 9.90. The number of urea groups is 1. The zero-order chi connectivity index (χ0) is 40.2. The average Bonchev–Trinajstić information content (AvgIpc) is 3.23. The lowest BCUT2D eigenvalue weighted by Gasteiger charge is -2.36. The van der Waals surface area contributed by atoms with E-state index in [-0.39, 0.29) is 63.6 Å². The van der Waals surface area contributed by atoms with Gasteiger partial charge >= 0.3 is 19.7 Å². The van der Waals surface area contributed by atoms with Crippen LogP contribution in [0.15, 0.2) is 97.1 Å². The third kappa shape index (κ3) is 11.2. The van der Waals surface area contributed by atoms with E-state index in [1.165, 1.54) is 0 Å². The summed E-state index contributed by atoms with van der Waals surface area (Å²) in [5.41, 5.74) is 16.4. The van der Waals surface area contributed by atoms with E-state index >= 15 is 0 Å². The molecule has 1 aliphatic rings. The maximum Gasteiger partial charge on any atom is 0.412 e. The largest absolute Gasteiger partial charge is 0.497 e. The van der Waals surface area contributed by atoms with Crippen LogP contribution in [0.2, 0.25) is 0 Å². The van der Waals surface area contributed by atoms with Crippen LogP contribution in [0.25, 0.3) is 0 Å². The van der Waals surface area contributed by atoms with Crippen molar-refractivity contribution in [1.29, 1.82) is 0 Å². The van der Waals surface area contributed by atoms with Gasteiger partial charge in [-0.25, -0.2) is 9.59 Å². The predicted octanol–water partition coefficient (Wildman–Crippen LogP) is 5.60. The Morgan fingerprint density at radius 2 is 1.20 bits per heavy atom. The number of nitrogens with one attached hydrogen (secondary N) is 1. The molecule has 4 atom stereocenters. The van der Waals surface area contributed by atoms with Gasteiger partial charge in [0.1, 0.15) is 23.7 Å². The van der Waals surface area contributed by atoms with Crippen LogP contribution in [0, 0.1) is 0 Å². The van der Waals surface area contributed by atoms with Gasteiger partial charge in [0.15, 0.2) is 0 Å². The second kappa shape index (κ2) is 19.7. The molecule has 14 nitrogen and oxygen atoms in total. The maximum atomic E-state index is 15.0. The molecule has 0 radical (unpaired) electrons. The van der Waals surface area contributed by atoms with E-state index in [2.05, 4.69) is 5.32 Å². The number of hydrogen-bond acceptors (Lipinski definition) is 11. The number of ether oxygens (including phenoxy) is 2. The number of nitrogens with zero attached hydrogens (tertiary/aromatic N) is 2. The zero-order valence-corrected chi connectivity index (χ0v) is 32.8. The smallest absolute Gasteiger partial charge is 0.412 e. The standard InChI is InChI=1S/C41H52N5O9P/c1-4-53-56(51,54-5-2)21-20-44-40(49)55-35-18-14-29(15-19-35)25-37-39(48)38(47)36(24-28-12-16-34(52-3)17-13-28)45(26-30-8-6-10-32(42)22-30)41(50)46(37)27-31-9-7-11-33(43)23-31/h6-19,22-23,36-39,47-48H,4-5,20-21,24-27,42-43H2,1-3H3,(H,44,49)/t36-,37-,38+,39+/m1/s1. The fraction of sp³-hybridized carbons (Fsp3) is 0.366. The van der Waals surface area contributed by atoms with Crippen LogP contribution in [-0.4, -0.2) is 89.5 Å². The van der Waals surface area contributed by atoms with Crippen LogP contribution in [0.1, 0.15) is 36.1 Å². The summed E-state index contributed by atoms with van der Waals surface area (Å²) in [6.07, 6.45) is -3.09. The Morgan fingerprint density at radius 1 is 0.732 bits per heavy atom. The predicted molar refractivity (Wildman–Crippen MR) is 214 cm³/mol. The van der Waals surface area contributed by atoms with Crippen molar-refractivity contribution in [2.24, 2.45) is 0 Å². The summed E-state index contributed by atoms with van der Waals surface area (Å²) in [4.78, 5) is 30.7. The Kier molecular flexibility index (Phi) is 14.8. The average molecular weight is 790 g/mol. The summed E-state index contributed by atoms with van der Waals surface area (Å²) in [6, 6.07) is 26.3. The summed E-state index contributed by atoms with van der Waals surface area (Å²) < 4.78 is 34.0. The van der Waals surface area contributed by atoms with E-state index in [4.69, 9.17) is 30.0 Å². The number of methoxy groups -OCH3 is 1. The number of carbonyl (C=O) groups is 2. The van der Waals surface area contributed by atoms with Crippen molar-refractivity contribution in [3.63, 3.8) is 0 Å². The molecule has 0 unspecified atom stereocenters. The van der Waals surface area contributed by atoms with Gasteiger partial charge in [-0.3, -0.25) is 4.57 Å². The summed E-state index contributed by atoms with van der Waals surface area (Å²) in [6.45, 7) is 4.08. The third-order valence-corrected chi connectivity index (χ3v) is 11.6. The Balaban J connectivity index is 1.41. The fourth-order valence-corrected chi connectivity index (χ4v) is 8.32. The van der Waals surface area contributed by atoms with Gasteiger partial charge in [0, 0.05) is 31.0 Å². The van der Waals surface area contributed by atoms with Crippen LogP contribution in [-0.2, 0) is 39.5 Å². The van der Waals surface area contributed by atoms with Gasteiger partial charge in [-0.15, -0.1) is 0 Å². The number of aliphatic hydroxyl groups excluding tert-OH is 2. The van der Waals surface area contributed by atoms with E-state index in [0.717, 1.165) is 16.7 Å². The van der Waals surface area contributed by atoms with E-state index < -0.39 is 38.0 Å². The number of aliphatic hydroxyl groups is 2. The van der Waals surface area contributed by atoms with Crippen LogP contribution in [0.5, 0.6) is 11.5 Å². The number of rotatable bonds is 17. The fourth-order valence-electron chi connectivity index (χ4n) is 6.82. The molecular formula is C41H52N5O9P. The van der Waals surface area contributed by atoms with Crippen LogP contribution in [0.3, 0.4) is 0 Å². The summed E-state index contributed by atoms with van der Waals surface area (Å²) in [5, 5.41) is 26.7. The second-order valence-corrected chi connectivity index (χ2v) is 15.7. The minimum Gasteiger partial charge on any atom is -0.497 e. The molecule has 15 heteroatoms. The quantitative estimate of drug-likeness (QED) is 0.0660. The molecule has 4 aromatic rings. The Labute approximate surface area is 327 Å². The number of amides is 3. The Hall–Kier alpha value is -5.11. The molecule has 300 valence electrons. The van der Waals surface area contributed by atoms with Crippen molar-refractivity contribution in [3.05, 3.63) is 119 Å². The number of benzene rings is 4. The van der Waals surface area contributed by atoms with Crippen LogP contribution >= 0.6 is 7.60 Å². The van der Waals surface area contributed by atoms with Gasteiger partial charge < -0.3 is 55.3 Å². The summed E-state index contributed by atoms with van der Waals surface area (Å²) in [7, 11) is -1.76. The number of hydrogen-bond donors (Lipinski definition) is 5. The zero-order valence-electron chi connectivity index (χ0n) is 32.0. The SMILES string of the molecule is CCOP(=O)(CCNC(=O)Oc1ccc(C[C@@H]2[C@H](O)[C@@H](O)[C@@H](Cc3ccc(OC)cc3)N(Cc3cccc(N)c3)C(=O)N2Cc2cccc(N)c2)cc1)OCC. The molecule has 7 N–H and O–H groups in total. The first-order chi connectivity index (χ1) is 26.9. The highest BCUT2D eigenvalue weighted by Crippen LogP contribution is 2.47. The molecule has 3 amide bonds. The number of carbonyl (C=O) groups excluding carboxylic acids is 2. The summed E-state index contributed by atoms with van der Waals surface area (Å²) >= 11 is 0. The van der Waals surface area contributed by atoms with Crippen molar-refractivity contribution >= 4 is 31.1 Å². The van der Waals surface area contributed by atoms with Gasteiger partial charge in [-0.1, -0.05) is 48.5 Å². The van der Waals surface area contributed by atoms with Gasteiger partial charge in [0.25, 0.3) is 0 Å². The molecule has 4 aromatic carbocycles. The lowest BCUT2D eigenvalue weighted by molar-refractivity contribution is -0.0408. The topological polar surface area (TPSA) is 199 Å². The molecule has 0 bridgehead atoms. The molecular weight excluding hydrogens is 737 g/mol. The van der Waals surface area contributed by atoms with E-state index in [1.54, 1.807) is 85.4 Å². The van der Waals surface area contributed by atoms with Gasteiger partial charge in [0.05, 0.1) is 38.6 Å². The first-order valence-corrected chi connectivity index (χ1v) is 20.3. The maximum absolute atomic E-state index is 15.0. The van der Waals surface area contributed by atoms with E-state index in [1.807, 2.05) is 42.5 Å². The van der Waals surface area contributed by atoms with Crippen LogP contribution in [0.4, 0.5) is 21.0 Å². The molecule has 0 saturated carbocycles. The highest BCUT2D eigenvalue weighted by atomic mass is 31.2.